The van der Waals surface area contributed by atoms with Crippen LogP contribution in [0, 0.1) is 0 Å². The molecule has 1 aliphatic carbocycles. The van der Waals surface area contributed by atoms with E-state index in [1.165, 1.54) is 0 Å². The summed E-state index contributed by atoms with van der Waals surface area (Å²) in [5.41, 5.74) is 3.24. The van der Waals surface area contributed by atoms with Crippen molar-refractivity contribution in [2.24, 2.45) is 0 Å². The van der Waals surface area contributed by atoms with Gasteiger partial charge < -0.3 is 20.9 Å². The highest BCUT2D eigenvalue weighted by Gasteiger charge is 2.24. The average molecular weight is 564 g/mol. The van der Waals surface area contributed by atoms with Gasteiger partial charge in [-0.15, -0.1) is 0 Å². The molecule has 9 heteroatoms. The number of amides is 1. The second-order valence-electron chi connectivity index (χ2n) is 10.1. The van der Waals surface area contributed by atoms with Gasteiger partial charge in [-0.2, -0.15) is 4.98 Å². The second-order valence-corrected chi connectivity index (χ2v) is 10.9. The first-order valence-electron chi connectivity index (χ1n) is 13.2. The first-order chi connectivity index (χ1) is 18.9. The van der Waals surface area contributed by atoms with Crippen molar-refractivity contribution >= 4 is 63.2 Å². The van der Waals surface area contributed by atoms with E-state index in [2.05, 4.69) is 16.0 Å². The highest BCUT2D eigenvalue weighted by Crippen LogP contribution is 2.34. The molecule has 3 aromatic carbocycles. The zero-order valence-corrected chi connectivity index (χ0v) is 23.6. The lowest BCUT2D eigenvalue weighted by Gasteiger charge is -2.30. The van der Waals surface area contributed by atoms with Crippen LogP contribution in [-0.4, -0.2) is 42.1 Å². The number of carbonyl (C=O) groups excluding carboxylic acids is 1. The summed E-state index contributed by atoms with van der Waals surface area (Å²) in [6, 6.07) is 21.5. The van der Waals surface area contributed by atoms with E-state index in [4.69, 9.17) is 33.2 Å². The Morgan fingerprint density at radius 3 is 2.28 bits per heavy atom. The molecule has 39 heavy (non-hydrogen) atoms. The van der Waals surface area contributed by atoms with Gasteiger partial charge in [-0.05, 0) is 61.6 Å². The maximum Gasteiger partial charge on any atom is 0.225 e. The van der Waals surface area contributed by atoms with Crippen molar-refractivity contribution in [1.82, 2.24) is 15.3 Å². The van der Waals surface area contributed by atoms with Crippen LogP contribution in [0.4, 0.5) is 23.1 Å². The monoisotopic (exact) mass is 562 g/mol. The molecule has 0 aliphatic heterocycles. The van der Waals surface area contributed by atoms with Crippen molar-refractivity contribution in [3.8, 4) is 0 Å². The molecule has 0 radical (unpaired) electrons. The molecule has 0 atom stereocenters. The fraction of sp³-hybridized carbons (Fsp3) is 0.300. The molecule has 0 unspecified atom stereocenters. The van der Waals surface area contributed by atoms with Crippen molar-refractivity contribution < 1.29 is 4.79 Å². The number of benzene rings is 3. The molecule has 3 N–H and O–H groups in total. The summed E-state index contributed by atoms with van der Waals surface area (Å²) < 4.78 is 0. The number of halogens is 2. The maximum atomic E-state index is 13.0. The smallest absolute Gasteiger partial charge is 0.225 e. The van der Waals surface area contributed by atoms with Crippen molar-refractivity contribution in [1.29, 1.82) is 0 Å². The summed E-state index contributed by atoms with van der Waals surface area (Å²) in [5.74, 6) is 1.54. The Labute approximate surface area is 238 Å². The SMILES string of the molecule is CN(C)c1nc(NC2CCC(NC(=O)Cc3ccccc3Nc3c(Cl)cccc3Cl)CC2)nc2ccccc12. The van der Waals surface area contributed by atoms with Crippen molar-refractivity contribution in [2.45, 2.75) is 44.2 Å². The summed E-state index contributed by atoms with van der Waals surface area (Å²) in [6.07, 6.45) is 3.92. The molecule has 1 heterocycles. The number of carbonyl (C=O) groups is 1. The molecule has 0 bridgehead atoms. The molecule has 1 aromatic heterocycles. The summed E-state index contributed by atoms with van der Waals surface area (Å²) >= 11 is 12.7. The quantitative estimate of drug-likeness (QED) is 0.218. The summed E-state index contributed by atoms with van der Waals surface area (Å²) in [7, 11) is 3.99. The lowest BCUT2D eigenvalue weighted by atomic mass is 9.91. The number of nitrogens with one attached hydrogen (secondary N) is 3. The summed E-state index contributed by atoms with van der Waals surface area (Å²) in [6.45, 7) is 0. The highest BCUT2D eigenvalue weighted by molar-refractivity contribution is 6.39. The van der Waals surface area contributed by atoms with E-state index in [0.717, 1.165) is 53.7 Å². The third-order valence-corrected chi connectivity index (χ3v) is 7.65. The summed E-state index contributed by atoms with van der Waals surface area (Å²) in [4.78, 5) is 24.5. The first-order valence-corrected chi connectivity index (χ1v) is 13.9. The van der Waals surface area contributed by atoms with Crippen LogP contribution in [-0.2, 0) is 11.2 Å². The average Bonchev–Trinajstić information content (AvgIpc) is 2.92. The Balaban J connectivity index is 1.17. The predicted octanol–water partition coefficient (Wildman–Crippen LogP) is 6.83. The van der Waals surface area contributed by atoms with Crippen LogP contribution in [0.25, 0.3) is 10.9 Å². The topological polar surface area (TPSA) is 82.2 Å². The molecular weight excluding hydrogens is 531 g/mol. The maximum absolute atomic E-state index is 13.0. The third kappa shape index (κ3) is 6.54. The van der Waals surface area contributed by atoms with Crippen LogP contribution >= 0.6 is 23.2 Å². The van der Waals surface area contributed by atoms with Crippen LogP contribution in [0.15, 0.2) is 66.7 Å². The van der Waals surface area contributed by atoms with Crippen LogP contribution < -0.4 is 20.9 Å². The van der Waals surface area contributed by atoms with E-state index in [1.54, 1.807) is 18.2 Å². The molecule has 7 nitrogen and oxygen atoms in total. The van der Waals surface area contributed by atoms with E-state index >= 15 is 0 Å². The number of nitrogens with zero attached hydrogens (tertiary/aromatic N) is 3. The zero-order valence-electron chi connectivity index (χ0n) is 22.0. The Morgan fingerprint density at radius 2 is 1.54 bits per heavy atom. The van der Waals surface area contributed by atoms with Gasteiger partial charge in [-0.3, -0.25) is 4.79 Å². The van der Waals surface area contributed by atoms with Gasteiger partial charge in [0, 0.05) is 37.3 Å². The van der Waals surface area contributed by atoms with Crippen molar-refractivity contribution in [3.05, 3.63) is 82.3 Å². The number of rotatable bonds is 8. The number of aromatic nitrogens is 2. The van der Waals surface area contributed by atoms with Crippen molar-refractivity contribution in [3.63, 3.8) is 0 Å². The molecule has 5 rings (SSSR count). The fourth-order valence-electron chi connectivity index (χ4n) is 5.03. The number of para-hydroxylation sites is 3. The van der Waals surface area contributed by atoms with Crippen molar-refractivity contribution in [2.75, 3.05) is 29.6 Å². The molecule has 0 saturated heterocycles. The Morgan fingerprint density at radius 1 is 0.872 bits per heavy atom. The summed E-state index contributed by atoms with van der Waals surface area (Å²) in [5, 5.41) is 12.1. The molecule has 1 aliphatic rings. The van der Waals surface area contributed by atoms with E-state index in [-0.39, 0.29) is 24.4 Å². The molecule has 1 amide bonds. The van der Waals surface area contributed by atoms with Crippen LogP contribution in [0.3, 0.4) is 0 Å². The number of hydrogen-bond donors (Lipinski definition) is 3. The van der Waals surface area contributed by atoms with E-state index in [0.29, 0.717) is 21.7 Å². The van der Waals surface area contributed by atoms with Gasteiger partial charge in [0.2, 0.25) is 11.9 Å². The van der Waals surface area contributed by atoms with Gasteiger partial charge in [-0.1, -0.05) is 59.6 Å². The first kappa shape index (κ1) is 27.0. The molecule has 1 fully saturated rings. The van der Waals surface area contributed by atoms with Gasteiger partial charge in [-0.25, -0.2) is 4.98 Å². The number of anilines is 4. The minimum Gasteiger partial charge on any atom is -0.362 e. The standard InChI is InChI=1S/C30H32Cl2N6O/c1-38(2)29-22-9-4-6-13-26(22)36-30(37-29)34-21-16-14-20(15-17-21)33-27(39)18-19-8-3-5-12-25(19)35-28-23(31)10-7-11-24(28)32/h3-13,20-21,35H,14-18H2,1-2H3,(H,33,39)(H,34,36,37). The third-order valence-electron chi connectivity index (χ3n) is 7.02. The van der Waals surface area contributed by atoms with Crippen LogP contribution in [0.2, 0.25) is 10.0 Å². The molecular formula is C30H32Cl2N6O. The zero-order chi connectivity index (χ0) is 27.4. The second kappa shape index (κ2) is 12.1. The van der Waals surface area contributed by atoms with Gasteiger partial charge >= 0.3 is 0 Å². The van der Waals surface area contributed by atoms with Crippen LogP contribution in [0.5, 0.6) is 0 Å². The van der Waals surface area contributed by atoms with Gasteiger partial charge in [0.05, 0.1) is 27.7 Å². The lowest BCUT2D eigenvalue weighted by Crippen LogP contribution is -2.41. The lowest BCUT2D eigenvalue weighted by molar-refractivity contribution is -0.121. The molecule has 0 spiro atoms. The van der Waals surface area contributed by atoms with Gasteiger partial charge in [0.1, 0.15) is 5.82 Å². The predicted molar refractivity (Wildman–Crippen MR) is 162 cm³/mol. The minimum absolute atomic E-state index is 0.000554. The molecule has 4 aromatic rings. The highest BCUT2D eigenvalue weighted by atomic mass is 35.5. The fourth-order valence-corrected chi connectivity index (χ4v) is 5.52. The number of fused-ring (bicyclic) bond motifs is 1. The number of hydrogen-bond acceptors (Lipinski definition) is 6. The van der Waals surface area contributed by atoms with Crippen LogP contribution in [0.1, 0.15) is 31.2 Å². The van der Waals surface area contributed by atoms with E-state index in [9.17, 15) is 4.79 Å². The van der Waals surface area contributed by atoms with E-state index in [1.807, 2.05) is 67.5 Å². The van der Waals surface area contributed by atoms with Gasteiger partial charge in [0.25, 0.3) is 0 Å². The van der Waals surface area contributed by atoms with E-state index < -0.39 is 0 Å². The Bertz CT molecular complexity index is 1450. The largest absolute Gasteiger partial charge is 0.362 e. The molecule has 1 saturated carbocycles. The normalized spacial score (nSPS) is 17.0. The Kier molecular flexibility index (Phi) is 8.38. The molecule has 202 valence electrons. The Hall–Kier alpha value is -3.55. The minimum atomic E-state index is -0.000554. The van der Waals surface area contributed by atoms with Gasteiger partial charge in [0.15, 0.2) is 0 Å².